The number of thiazole rings is 1. The van der Waals surface area contributed by atoms with E-state index in [-0.39, 0.29) is 17.7 Å². The van der Waals surface area contributed by atoms with E-state index in [0.29, 0.717) is 6.61 Å². The van der Waals surface area contributed by atoms with Crippen LogP contribution in [0.3, 0.4) is 0 Å². The number of nitrogens with one attached hydrogen (secondary N) is 1. The van der Waals surface area contributed by atoms with Gasteiger partial charge in [0.15, 0.2) is 12.2 Å². The van der Waals surface area contributed by atoms with Crippen LogP contribution in [-0.4, -0.2) is 12.5 Å². The van der Waals surface area contributed by atoms with E-state index in [9.17, 15) is 4.79 Å². The predicted octanol–water partition coefficient (Wildman–Crippen LogP) is 9.95. The van der Waals surface area contributed by atoms with Gasteiger partial charge in [0.1, 0.15) is 5.75 Å². The Hall–Kier alpha value is -2.66. The first-order valence-electron chi connectivity index (χ1n) is 16.3. The van der Waals surface area contributed by atoms with Gasteiger partial charge in [0.05, 0.1) is 24.1 Å². The van der Waals surface area contributed by atoms with Crippen molar-refractivity contribution in [2.45, 2.75) is 130 Å². The molecule has 0 atom stereocenters. The van der Waals surface area contributed by atoms with Crippen LogP contribution < -0.4 is 14.6 Å². The van der Waals surface area contributed by atoms with Gasteiger partial charge in [-0.25, -0.2) is 0 Å². The van der Waals surface area contributed by atoms with E-state index in [0.717, 1.165) is 41.1 Å². The number of ether oxygens (including phenoxy) is 1. The third-order valence-electron chi connectivity index (χ3n) is 8.01. The molecule has 1 aromatic heterocycles. The van der Waals surface area contributed by atoms with E-state index in [4.69, 9.17) is 4.74 Å². The van der Waals surface area contributed by atoms with Crippen molar-refractivity contribution >= 4 is 22.9 Å². The first-order chi connectivity index (χ1) is 20.3. The number of carbonyl (C=O) groups excluding carboxylic acids is 1. The number of aromatic nitrogens is 1. The molecule has 0 saturated carbocycles. The molecule has 0 aliphatic rings. The van der Waals surface area contributed by atoms with Gasteiger partial charge >= 0.3 is 0 Å². The molecule has 0 unspecified atom stereocenters. The van der Waals surface area contributed by atoms with E-state index in [1.165, 1.54) is 76.3 Å². The lowest BCUT2D eigenvalue weighted by Gasteiger charge is -2.25. The molecule has 5 heteroatoms. The van der Waals surface area contributed by atoms with Crippen molar-refractivity contribution in [3.8, 4) is 5.75 Å². The molecule has 3 aromatic rings. The first-order valence-corrected chi connectivity index (χ1v) is 17.3. The fourth-order valence-corrected chi connectivity index (χ4v) is 6.23. The number of hydrogen-bond donors (Lipinski definition) is 1. The number of para-hydroxylation sites is 2. The Balaban J connectivity index is 1.51. The Morgan fingerprint density at radius 2 is 1.45 bits per heavy atom. The summed E-state index contributed by atoms with van der Waals surface area (Å²) in [6.07, 6.45) is 16.2. The minimum absolute atomic E-state index is 0.0178. The van der Waals surface area contributed by atoms with Gasteiger partial charge < -0.3 is 10.1 Å². The Kier molecular flexibility index (Phi) is 14.6. The van der Waals surface area contributed by atoms with Crippen LogP contribution in [0.1, 0.15) is 127 Å². The zero-order valence-corrected chi connectivity index (χ0v) is 27.8. The molecule has 1 amide bonds. The third-order valence-corrected chi connectivity index (χ3v) is 8.87. The lowest BCUT2D eigenvalue weighted by molar-refractivity contribution is -0.689. The molecule has 230 valence electrons. The summed E-state index contributed by atoms with van der Waals surface area (Å²) >= 11 is 1.69. The van der Waals surface area contributed by atoms with Crippen LogP contribution in [0.25, 0.3) is 0 Å². The molecule has 1 heterocycles. The summed E-state index contributed by atoms with van der Waals surface area (Å²) < 4.78 is 8.67. The Bertz CT molecular complexity index is 1210. The van der Waals surface area contributed by atoms with Gasteiger partial charge in [-0.3, -0.25) is 4.79 Å². The fraction of sp³-hybridized carbons (Fsp3) is 0.568. The molecular weight excluding hydrogens is 536 g/mol. The number of anilines is 1. The average Bonchev–Trinajstić information content (AvgIpc) is 3.36. The van der Waals surface area contributed by atoms with E-state index >= 15 is 0 Å². The maximum absolute atomic E-state index is 13.3. The highest BCUT2D eigenvalue weighted by atomic mass is 32.1. The Labute approximate surface area is 259 Å². The molecule has 0 aliphatic carbocycles. The average molecular weight is 592 g/mol. The molecule has 42 heavy (non-hydrogen) atoms. The van der Waals surface area contributed by atoms with E-state index < -0.39 is 0 Å². The lowest BCUT2D eigenvalue weighted by atomic mass is 9.84. The van der Waals surface area contributed by atoms with Crippen LogP contribution in [0.4, 0.5) is 5.69 Å². The standard InChI is InChI=1S/C37H54N2O2S/c1-6-7-8-9-10-11-12-13-14-15-16-19-25-41-36-31(22-20-23-33(36)37(3,4)5)26-35(40)38-34-24-18-17-21-32(34)27-39-29-42-28-30(39)2/h17-18,20-24,28-29H,6-16,19,25-27H2,1-5H3/p+1. The van der Waals surface area contributed by atoms with Crippen molar-refractivity contribution in [2.24, 2.45) is 0 Å². The van der Waals surface area contributed by atoms with Crippen molar-refractivity contribution in [1.82, 2.24) is 0 Å². The van der Waals surface area contributed by atoms with Crippen LogP contribution in [0, 0.1) is 6.92 Å². The number of amides is 1. The van der Waals surface area contributed by atoms with Gasteiger partial charge in [-0.2, -0.15) is 4.57 Å². The van der Waals surface area contributed by atoms with Crippen LogP contribution in [0.15, 0.2) is 53.4 Å². The zero-order valence-electron chi connectivity index (χ0n) is 27.0. The number of nitrogens with zero attached hydrogens (tertiary/aromatic N) is 1. The van der Waals surface area contributed by atoms with Gasteiger partial charge in [0, 0.05) is 18.1 Å². The molecule has 4 nitrogen and oxygen atoms in total. The summed E-state index contributed by atoms with van der Waals surface area (Å²) in [4.78, 5) is 13.3. The molecular formula is C37H55N2O2S+. The summed E-state index contributed by atoms with van der Waals surface area (Å²) in [5.74, 6) is 0.872. The summed E-state index contributed by atoms with van der Waals surface area (Å²) in [6.45, 7) is 12.5. The second-order valence-electron chi connectivity index (χ2n) is 12.8. The molecule has 0 bridgehead atoms. The quantitative estimate of drug-likeness (QED) is 0.111. The van der Waals surface area contributed by atoms with Crippen molar-refractivity contribution < 1.29 is 14.1 Å². The smallest absolute Gasteiger partial charge is 0.228 e. The number of carbonyl (C=O) groups is 1. The molecule has 0 radical (unpaired) electrons. The Morgan fingerprint density at radius 3 is 2.07 bits per heavy atom. The van der Waals surface area contributed by atoms with Gasteiger partial charge in [0.25, 0.3) is 0 Å². The van der Waals surface area contributed by atoms with Crippen LogP contribution >= 0.6 is 11.3 Å². The van der Waals surface area contributed by atoms with Crippen molar-refractivity contribution in [3.05, 3.63) is 75.7 Å². The Morgan fingerprint density at radius 1 is 0.833 bits per heavy atom. The highest BCUT2D eigenvalue weighted by Gasteiger charge is 2.23. The normalized spacial score (nSPS) is 11.5. The zero-order chi connectivity index (χ0) is 30.2. The van der Waals surface area contributed by atoms with Crippen LogP contribution in [-0.2, 0) is 23.2 Å². The number of hydrogen-bond acceptors (Lipinski definition) is 3. The maximum Gasteiger partial charge on any atom is 0.228 e. The van der Waals surface area contributed by atoms with Crippen LogP contribution in [0.5, 0.6) is 5.75 Å². The van der Waals surface area contributed by atoms with Gasteiger partial charge in [-0.05, 0) is 23.5 Å². The largest absolute Gasteiger partial charge is 0.493 e. The van der Waals surface area contributed by atoms with E-state index in [2.05, 4.69) is 73.6 Å². The topological polar surface area (TPSA) is 42.2 Å². The summed E-state index contributed by atoms with van der Waals surface area (Å²) in [5.41, 5.74) is 7.36. The number of unbranched alkanes of at least 4 members (excludes halogenated alkanes) is 11. The highest BCUT2D eigenvalue weighted by molar-refractivity contribution is 7.07. The van der Waals surface area contributed by atoms with Crippen LogP contribution in [0.2, 0.25) is 0 Å². The number of aryl methyl sites for hydroxylation is 1. The number of benzene rings is 2. The maximum atomic E-state index is 13.3. The van der Waals surface area contributed by atoms with Gasteiger partial charge in [-0.15, -0.1) is 0 Å². The van der Waals surface area contributed by atoms with Gasteiger partial charge in [-0.1, -0.05) is 146 Å². The SMILES string of the molecule is CCCCCCCCCCCCCCOc1c(CC(=O)Nc2ccccc2C[n+]2cscc2C)cccc1C(C)(C)C. The first kappa shape index (κ1) is 33.8. The van der Waals surface area contributed by atoms with Crippen molar-refractivity contribution in [1.29, 1.82) is 0 Å². The molecule has 2 aromatic carbocycles. The minimum Gasteiger partial charge on any atom is -0.493 e. The van der Waals surface area contributed by atoms with Gasteiger partial charge in [0.2, 0.25) is 11.4 Å². The highest BCUT2D eigenvalue weighted by Crippen LogP contribution is 2.35. The molecule has 3 rings (SSSR count). The minimum atomic E-state index is -0.0689. The monoisotopic (exact) mass is 591 g/mol. The number of rotatable bonds is 19. The summed E-state index contributed by atoms with van der Waals surface area (Å²) in [7, 11) is 0. The fourth-order valence-electron chi connectivity index (χ4n) is 5.45. The van der Waals surface area contributed by atoms with E-state index in [1.807, 2.05) is 24.3 Å². The second-order valence-corrected chi connectivity index (χ2v) is 13.5. The lowest BCUT2D eigenvalue weighted by Crippen LogP contribution is -2.35. The summed E-state index contributed by atoms with van der Waals surface area (Å²) in [5, 5.41) is 5.33. The molecule has 0 spiro atoms. The molecule has 0 fully saturated rings. The van der Waals surface area contributed by atoms with E-state index in [1.54, 1.807) is 11.3 Å². The predicted molar refractivity (Wildman–Crippen MR) is 179 cm³/mol. The van der Waals surface area contributed by atoms with Crippen molar-refractivity contribution in [2.75, 3.05) is 11.9 Å². The third kappa shape index (κ3) is 11.6. The second kappa shape index (κ2) is 18.1. The molecule has 0 saturated heterocycles. The molecule has 1 N–H and O–H groups in total. The summed E-state index contributed by atoms with van der Waals surface area (Å²) in [6, 6.07) is 14.3. The molecule has 0 aliphatic heterocycles. The van der Waals surface area contributed by atoms with Crippen molar-refractivity contribution in [3.63, 3.8) is 0 Å².